The summed E-state index contributed by atoms with van der Waals surface area (Å²) in [6.07, 6.45) is 0.887. The lowest BCUT2D eigenvalue weighted by atomic mass is 9.93. The van der Waals surface area contributed by atoms with Crippen LogP contribution in [0.4, 0.5) is 5.13 Å². The Kier molecular flexibility index (Phi) is 6.56. The molecule has 0 spiro atoms. The molecule has 2 heterocycles. The summed E-state index contributed by atoms with van der Waals surface area (Å²) in [6.45, 7) is 6.30. The highest BCUT2D eigenvalue weighted by Crippen LogP contribution is 2.44. The summed E-state index contributed by atoms with van der Waals surface area (Å²) in [5.74, 6) is -0.714. The summed E-state index contributed by atoms with van der Waals surface area (Å²) in [7, 11) is 1.56. The van der Waals surface area contributed by atoms with E-state index in [0.717, 1.165) is 27.8 Å². The average Bonchev–Trinajstić information content (AvgIpc) is 3.45. The zero-order chi connectivity index (χ0) is 26.3. The second-order valence-electron chi connectivity index (χ2n) is 9.37. The first-order valence-electron chi connectivity index (χ1n) is 12.3. The van der Waals surface area contributed by atoms with Crippen LogP contribution in [0.1, 0.15) is 55.0 Å². The average molecular weight is 513 g/mol. The van der Waals surface area contributed by atoms with Gasteiger partial charge >= 0.3 is 5.91 Å². The Labute approximate surface area is 219 Å². The number of rotatable bonds is 6. The van der Waals surface area contributed by atoms with Crippen molar-refractivity contribution in [2.75, 3.05) is 12.0 Å². The molecule has 4 aromatic rings. The predicted molar refractivity (Wildman–Crippen MR) is 147 cm³/mol. The molecule has 188 valence electrons. The van der Waals surface area contributed by atoms with Gasteiger partial charge in [0.05, 0.1) is 28.9 Å². The van der Waals surface area contributed by atoms with Gasteiger partial charge < -0.3 is 9.84 Å². The van der Waals surface area contributed by atoms with Crippen molar-refractivity contribution in [2.24, 2.45) is 0 Å². The molecule has 0 radical (unpaired) electrons. The summed E-state index contributed by atoms with van der Waals surface area (Å²) >= 11 is 1.37. The number of ketones is 1. The van der Waals surface area contributed by atoms with Crippen LogP contribution in [0.15, 0.2) is 72.3 Å². The van der Waals surface area contributed by atoms with Crippen LogP contribution in [-0.4, -0.2) is 28.9 Å². The number of nitrogens with zero attached hydrogens (tertiary/aromatic N) is 2. The fraction of sp³-hybridized carbons (Fsp3) is 0.233. The van der Waals surface area contributed by atoms with Gasteiger partial charge in [-0.2, -0.15) is 0 Å². The lowest BCUT2D eigenvalue weighted by Crippen LogP contribution is -2.29. The van der Waals surface area contributed by atoms with Crippen molar-refractivity contribution in [3.05, 3.63) is 94.6 Å². The number of Topliss-reactive ketones (excluding diaryl/α,β-unsaturated/α-hetero) is 1. The summed E-state index contributed by atoms with van der Waals surface area (Å²) in [6, 6.07) is 19.8. The Morgan fingerprint density at radius 1 is 1.05 bits per heavy atom. The number of hydrogen-bond donors (Lipinski definition) is 1. The smallest absolute Gasteiger partial charge is 0.301 e. The number of carbonyl (C=O) groups is 2. The quantitative estimate of drug-likeness (QED) is 0.178. The third-order valence-corrected chi connectivity index (χ3v) is 7.80. The Bertz CT molecular complexity index is 1520. The molecule has 1 N–H and O–H groups in total. The van der Waals surface area contributed by atoms with Crippen LogP contribution in [-0.2, 0) is 16.0 Å². The number of hydrogen-bond acceptors (Lipinski definition) is 6. The van der Waals surface area contributed by atoms with Crippen LogP contribution in [0.2, 0.25) is 0 Å². The van der Waals surface area contributed by atoms with Gasteiger partial charge in [-0.3, -0.25) is 14.5 Å². The van der Waals surface area contributed by atoms with E-state index in [1.807, 2.05) is 36.4 Å². The van der Waals surface area contributed by atoms with E-state index in [9.17, 15) is 14.7 Å². The first-order valence-corrected chi connectivity index (χ1v) is 13.1. The van der Waals surface area contributed by atoms with E-state index in [2.05, 4.69) is 26.8 Å². The zero-order valence-corrected chi connectivity index (χ0v) is 22.0. The van der Waals surface area contributed by atoms with E-state index in [0.29, 0.717) is 22.4 Å². The maximum absolute atomic E-state index is 13.5. The van der Waals surface area contributed by atoms with E-state index >= 15 is 0 Å². The molecular formula is C30H28N2O4S. The van der Waals surface area contributed by atoms with Gasteiger partial charge in [0, 0.05) is 5.56 Å². The highest BCUT2D eigenvalue weighted by atomic mass is 32.1. The maximum Gasteiger partial charge on any atom is 0.301 e. The summed E-state index contributed by atoms with van der Waals surface area (Å²) in [5, 5.41) is 11.8. The number of anilines is 1. The molecule has 37 heavy (non-hydrogen) atoms. The van der Waals surface area contributed by atoms with Gasteiger partial charge in [-0.05, 0) is 65.4 Å². The molecule has 0 saturated carbocycles. The van der Waals surface area contributed by atoms with Gasteiger partial charge in [-0.1, -0.05) is 62.4 Å². The van der Waals surface area contributed by atoms with E-state index < -0.39 is 17.7 Å². The molecule has 1 amide bonds. The van der Waals surface area contributed by atoms with Crippen molar-refractivity contribution < 1.29 is 19.4 Å². The molecule has 1 atom stereocenters. The molecule has 0 aliphatic carbocycles. The molecule has 1 aliphatic rings. The van der Waals surface area contributed by atoms with Crippen LogP contribution >= 0.6 is 11.3 Å². The van der Waals surface area contributed by atoms with Crippen LogP contribution in [0.25, 0.3) is 16.0 Å². The van der Waals surface area contributed by atoms with Crippen LogP contribution < -0.4 is 9.64 Å². The highest BCUT2D eigenvalue weighted by molar-refractivity contribution is 7.22. The Morgan fingerprint density at radius 3 is 2.38 bits per heavy atom. The normalized spacial score (nSPS) is 17.2. The number of thiazole rings is 1. The fourth-order valence-corrected chi connectivity index (χ4v) is 5.65. The standard InChI is InChI=1S/C30H28N2O4S/c1-5-18-6-15-23-24(16-18)37-30(31-23)32-26(20-9-7-19(8-10-20)17(2)3)25(28(34)29(32)35)27(33)21-11-13-22(36-4)14-12-21/h6-17,26,33H,5H2,1-4H3/t26-/m0/s1. The number of fused-ring (bicyclic) bond motifs is 1. The molecule has 5 rings (SSSR count). The number of carbonyl (C=O) groups excluding carboxylic acids is 2. The monoisotopic (exact) mass is 512 g/mol. The predicted octanol–water partition coefficient (Wildman–Crippen LogP) is 6.62. The van der Waals surface area contributed by atoms with Gasteiger partial charge in [0.15, 0.2) is 5.13 Å². The largest absolute Gasteiger partial charge is 0.507 e. The third kappa shape index (κ3) is 4.40. The van der Waals surface area contributed by atoms with E-state index in [-0.39, 0.29) is 11.3 Å². The van der Waals surface area contributed by atoms with Crippen molar-refractivity contribution in [1.29, 1.82) is 0 Å². The number of methoxy groups -OCH3 is 1. The number of aryl methyl sites for hydroxylation is 1. The van der Waals surface area contributed by atoms with Gasteiger partial charge in [-0.25, -0.2) is 4.98 Å². The SMILES string of the molecule is CCc1ccc2nc(N3C(=O)C(=O)C(=C(O)c4ccc(OC)cc4)[C@@H]3c3ccc(C(C)C)cc3)sc2c1. The van der Waals surface area contributed by atoms with Gasteiger partial charge in [0.2, 0.25) is 0 Å². The molecule has 1 aliphatic heterocycles. The van der Waals surface area contributed by atoms with Crippen LogP contribution in [0, 0.1) is 0 Å². The number of aliphatic hydroxyl groups excluding tert-OH is 1. The summed E-state index contributed by atoms with van der Waals surface area (Å²) in [4.78, 5) is 33.1. The first-order chi connectivity index (χ1) is 17.8. The molecular weight excluding hydrogens is 484 g/mol. The molecule has 1 fully saturated rings. The van der Waals surface area contributed by atoms with Crippen LogP contribution in [0.3, 0.4) is 0 Å². The minimum absolute atomic E-state index is 0.0426. The molecule has 1 saturated heterocycles. The van der Waals surface area contributed by atoms with Crippen molar-refractivity contribution in [3.63, 3.8) is 0 Å². The van der Waals surface area contributed by atoms with E-state index in [4.69, 9.17) is 9.72 Å². The van der Waals surface area contributed by atoms with Gasteiger partial charge in [0.25, 0.3) is 5.78 Å². The third-order valence-electron chi connectivity index (χ3n) is 6.78. The molecule has 0 unspecified atom stereocenters. The Morgan fingerprint density at radius 2 is 1.76 bits per heavy atom. The first kappa shape index (κ1) is 24.7. The second kappa shape index (κ2) is 9.82. The maximum atomic E-state index is 13.5. The number of amides is 1. The van der Waals surface area contributed by atoms with Crippen molar-refractivity contribution in [1.82, 2.24) is 4.98 Å². The minimum atomic E-state index is -0.811. The Balaban J connectivity index is 1.69. The topological polar surface area (TPSA) is 79.7 Å². The molecule has 1 aromatic heterocycles. The molecule has 6 nitrogen and oxygen atoms in total. The van der Waals surface area contributed by atoms with Gasteiger partial charge in [0.1, 0.15) is 11.5 Å². The number of ether oxygens (including phenoxy) is 1. The van der Waals surface area contributed by atoms with Crippen molar-refractivity contribution >= 4 is 44.1 Å². The minimum Gasteiger partial charge on any atom is -0.507 e. The second-order valence-corrected chi connectivity index (χ2v) is 10.4. The summed E-state index contributed by atoms with van der Waals surface area (Å²) in [5.41, 5.74) is 4.28. The molecule has 0 bridgehead atoms. The molecule has 3 aromatic carbocycles. The number of benzene rings is 3. The summed E-state index contributed by atoms with van der Waals surface area (Å²) < 4.78 is 6.16. The molecule has 7 heteroatoms. The van der Waals surface area contributed by atoms with Gasteiger partial charge in [-0.15, -0.1) is 0 Å². The van der Waals surface area contributed by atoms with E-state index in [1.54, 1.807) is 31.4 Å². The fourth-order valence-electron chi connectivity index (χ4n) is 4.59. The van der Waals surface area contributed by atoms with Crippen molar-refractivity contribution in [2.45, 2.75) is 39.2 Å². The zero-order valence-electron chi connectivity index (χ0n) is 21.2. The number of aromatic nitrogens is 1. The van der Waals surface area contributed by atoms with Crippen molar-refractivity contribution in [3.8, 4) is 5.75 Å². The lowest BCUT2D eigenvalue weighted by Gasteiger charge is -2.23. The van der Waals surface area contributed by atoms with Crippen LogP contribution in [0.5, 0.6) is 5.75 Å². The van der Waals surface area contributed by atoms with E-state index in [1.165, 1.54) is 21.8 Å². The Hall–Kier alpha value is -3.97. The number of aliphatic hydroxyl groups is 1. The highest BCUT2D eigenvalue weighted by Gasteiger charge is 2.48. The lowest BCUT2D eigenvalue weighted by molar-refractivity contribution is -0.132.